The van der Waals surface area contributed by atoms with Crippen LogP contribution in [0.5, 0.6) is 0 Å². The molecule has 0 aromatic rings. The van der Waals surface area contributed by atoms with Crippen LogP contribution in [0.3, 0.4) is 0 Å². The Bertz CT molecular complexity index is 94.5. The van der Waals surface area contributed by atoms with Crippen molar-refractivity contribution < 1.29 is 8.78 Å². The molecule has 12 heavy (non-hydrogen) atoms. The quantitative estimate of drug-likeness (QED) is 0.605. The molecule has 1 fully saturated rings. The number of halogens is 2. The predicted molar refractivity (Wildman–Crippen MR) is 49.7 cm³/mol. The van der Waals surface area contributed by atoms with Crippen molar-refractivity contribution in [3.05, 3.63) is 0 Å². The number of hydrogen-bond acceptors (Lipinski definition) is 1. The molecule has 1 N–H and O–H groups in total. The summed E-state index contributed by atoms with van der Waals surface area (Å²) in [7, 11) is 0. The van der Waals surface area contributed by atoms with E-state index in [2.05, 4.69) is 5.32 Å². The first kappa shape index (κ1) is 14.3. The summed E-state index contributed by atoms with van der Waals surface area (Å²) in [4.78, 5) is 0. The Hall–Kier alpha value is -0.180. The average Bonchev–Trinajstić information content (AvgIpc) is 2.37. The lowest BCUT2D eigenvalue weighted by atomic mass is 10.2. The van der Waals surface area contributed by atoms with E-state index < -0.39 is 5.92 Å². The summed E-state index contributed by atoms with van der Waals surface area (Å²) in [6, 6.07) is -0.00926. The summed E-state index contributed by atoms with van der Waals surface area (Å²) in [5, 5.41) is 2.66. The molecule has 1 rings (SSSR count). The van der Waals surface area contributed by atoms with Gasteiger partial charge in [0.1, 0.15) is 0 Å². The number of alkyl halides is 2. The average molecular weight is 181 g/mol. The predicted octanol–water partition coefficient (Wildman–Crippen LogP) is 3.06. The van der Waals surface area contributed by atoms with Crippen molar-refractivity contribution in [3.8, 4) is 0 Å². The van der Waals surface area contributed by atoms with E-state index in [9.17, 15) is 8.78 Å². The second-order valence-corrected chi connectivity index (χ2v) is 2.34. The highest BCUT2D eigenvalue weighted by Gasteiger charge is 2.36. The zero-order chi connectivity index (χ0) is 10.2. The molecule has 0 radical (unpaired) electrons. The highest BCUT2D eigenvalue weighted by Crippen LogP contribution is 2.24. The fourth-order valence-electron chi connectivity index (χ4n) is 0.916. The minimum atomic E-state index is -2.45. The first-order chi connectivity index (χ1) is 5.60. The Morgan fingerprint density at radius 3 is 1.67 bits per heavy atom. The van der Waals surface area contributed by atoms with Gasteiger partial charge in [0.15, 0.2) is 0 Å². The molecule has 1 saturated heterocycles. The van der Waals surface area contributed by atoms with Crippen LogP contribution in [0.25, 0.3) is 0 Å². The van der Waals surface area contributed by atoms with E-state index in [1.807, 2.05) is 27.7 Å². The molecule has 1 unspecified atom stereocenters. The molecule has 1 aliphatic rings. The van der Waals surface area contributed by atoms with Crippen molar-refractivity contribution >= 4 is 0 Å². The number of hydrogen-bond donors (Lipinski definition) is 1. The lowest BCUT2D eigenvalue weighted by Gasteiger charge is -2.03. The van der Waals surface area contributed by atoms with Gasteiger partial charge in [0.25, 0.3) is 5.92 Å². The Morgan fingerprint density at radius 1 is 1.17 bits per heavy atom. The molecule has 3 heteroatoms. The number of rotatable bonds is 0. The summed E-state index contributed by atoms with van der Waals surface area (Å²) in [5.74, 6) is -2.45. The molecule has 0 aromatic carbocycles. The van der Waals surface area contributed by atoms with Gasteiger partial charge in [0.2, 0.25) is 0 Å². The fourth-order valence-corrected chi connectivity index (χ4v) is 0.916. The maximum absolute atomic E-state index is 12.1. The normalized spacial score (nSPS) is 24.8. The van der Waals surface area contributed by atoms with Gasteiger partial charge < -0.3 is 5.32 Å². The largest absolute Gasteiger partial charge is 0.308 e. The van der Waals surface area contributed by atoms with Gasteiger partial charge in [0.05, 0.1) is 6.54 Å². The minimum Gasteiger partial charge on any atom is -0.308 e. The molecule has 1 heterocycles. The van der Waals surface area contributed by atoms with Crippen LogP contribution in [0.15, 0.2) is 0 Å². The lowest BCUT2D eigenvalue weighted by molar-refractivity contribution is 0.0216. The van der Waals surface area contributed by atoms with Crippen LogP contribution in [0.2, 0.25) is 0 Å². The molecule has 0 bridgehead atoms. The van der Waals surface area contributed by atoms with Crippen LogP contribution in [-0.4, -0.2) is 18.5 Å². The van der Waals surface area contributed by atoms with Crippen molar-refractivity contribution in [3.63, 3.8) is 0 Å². The lowest BCUT2D eigenvalue weighted by Crippen LogP contribution is -2.20. The molecule has 1 aliphatic heterocycles. The van der Waals surface area contributed by atoms with Gasteiger partial charge in [0, 0.05) is 12.5 Å². The summed E-state index contributed by atoms with van der Waals surface area (Å²) in [6.07, 6.45) is -0.00694. The SMILES string of the molecule is CC.CC.CC1CC(F)(F)CN1. The molecule has 1 atom stereocenters. The Morgan fingerprint density at radius 2 is 1.58 bits per heavy atom. The molecule has 0 aromatic heterocycles. The van der Waals surface area contributed by atoms with Crippen molar-refractivity contribution in [2.45, 2.75) is 53.0 Å². The van der Waals surface area contributed by atoms with Crippen molar-refractivity contribution in [1.29, 1.82) is 0 Å². The van der Waals surface area contributed by atoms with Gasteiger partial charge in [-0.2, -0.15) is 0 Å². The smallest absolute Gasteiger partial charge is 0.261 e. The standard InChI is InChI=1S/C5H9F2N.2C2H6/c1-4-2-5(6,7)3-8-4;2*1-2/h4,8H,2-3H2,1H3;2*1-2H3. The fraction of sp³-hybridized carbons (Fsp3) is 1.00. The molecule has 0 saturated carbocycles. The van der Waals surface area contributed by atoms with Crippen LogP contribution < -0.4 is 5.32 Å². The monoisotopic (exact) mass is 181 g/mol. The molecule has 76 valence electrons. The van der Waals surface area contributed by atoms with E-state index in [1.54, 1.807) is 6.92 Å². The molecular weight excluding hydrogens is 160 g/mol. The van der Waals surface area contributed by atoms with E-state index >= 15 is 0 Å². The second-order valence-electron chi connectivity index (χ2n) is 2.34. The second kappa shape index (κ2) is 7.47. The van der Waals surface area contributed by atoms with Gasteiger partial charge in [-0.05, 0) is 6.92 Å². The summed E-state index contributed by atoms with van der Waals surface area (Å²) >= 11 is 0. The molecule has 0 amide bonds. The Kier molecular flexibility index (Phi) is 8.93. The summed E-state index contributed by atoms with van der Waals surface area (Å²) in [6.45, 7) is 9.62. The molecular formula is C9H21F2N. The molecule has 0 aliphatic carbocycles. The Labute approximate surface area is 74.5 Å². The van der Waals surface area contributed by atoms with Crippen LogP contribution in [0, 0.1) is 0 Å². The highest BCUT2D eigenvalue weighted by atomic mass is 19.3. The van der Waals surface area contributed by atoms with Crippen LogP contribution in [-0.2, 0) is 0 Å². The topological polar surface area (TPSA) is 12.0 Å². The van der Waals surface area contributed by atoms with Crippen LogP contribution in [0.4, 0.5) is 8.78 Å². The zero-order valence-electron chi connectivity index (χ0n) is 8.75. The third-order valence-electron chi connectivity index (χ3n) is 1.31. The van der Waals surface area contributed by atoms with E-state index in [1.165, 1.54) is 0 Å². The van der Waals surface area contributed by atoms with Gasteiger partial charge in [-0.15, -0.1) is 0 Å². The van der Waals surface area contributed by atoms with Gasteiger partial charge in [-0.1, -0.05) is 27.7 Å². The minimum absolute atomic E-state index is 0.00694. The molecule has 0 spiro atoms. The van der Waals surface area contributed by atoms with Crippen LogP contribution in [0.1, 0.15) is 41.0 Å². The maximum atomic E-state index is 12.1. The first-order valence-electron chi connectivity index (χ1n) is 4.71. The van der Waals surface area contributed by atoms with E-state index in [-0.39, 0.29) is 19.0 Å². The van der Waals surface area contributed by atoms with Crippen LogP contribution >= 0.6 is 0 Å². The highest BCUT2D eigenvalue weighted by molar-refractivity contribution is 4.83. The number of nitrogens with one attached hydrogen (secondary N) is 1. The van der Waals surface area contributed by atoms with Gasteiger partial charge in [-0.25, -0.2) is 8.78 Å². The Balaban J connectivity index is 0. The summed E-state index contributed by atoms with van der Waals surface area (Å²) in [5.41, 5.74) is 0. The van der Waals surface area contributed by atoms with Crippen molar-refractivity contribution in [2.75, 3.05) is 6.54 Å². The van der Waals surface area contributed by atoms with Gasteiger partial charge in [-0.3, -0.25) is 0 Å². The van der Waals surface area contributed by atoms with E-state index in [0.717, 1.165) is 0 Å². The first-order valence-corrected chi connectivity index (χ1v) is 4.71. The van der Waals surface area contributed by atoms with Crippen molar-refractivity contribution in [1.82, 2.24) is 5.32 Å². The zero-order valence-corrected chi connectivity index (χ0v) is 8.75. The molecule has 1 nitrogen and oxygen atoms in total. The third kappa shape index (κ3) is 6.53. The third-order valence-corrected chi connectivity index (χ3v) is 1.31. The summed E-state index contributed by atoms with van der Waals surface area (Å²) < 4.78 is 24.3. The van der Waals surface area contributed by atoms with E-state index in [0.29, 0.717) is 0 Å². The van der Waals surface area contributed by atoms with Crippen molar-refractivity contribution in [2.24, 2.45) is 0 Å². The van der Waals surface area contributed by atoms with Gasteiger partial charge >= 0.3 is 0 Å². The van der Waals surface area contributed by atoms with E-state index in [4.69, 9.17) is 0 Å². The maximum Gasteiger partial charge on any atom is 0.261 e.